The first kappa shape index (κ1) is 16.4. The van der Waals surface area contributed by atoms with Crippen LogP contribution in [-0.2, 0) is 6.42 Å². The van der Waals surface area contributed by atoms with Crippen molar-refractivity contribution in [1.29, 1.82) is 0 Å². The highest BCUT2D eigenvalue weighted by Gasteiger charge is 2.19. The molecule has 5 heteroatoms. The molecule has 1 aliphatic rings. The smallest absolute Gasteiger partial charge is 0.315 e. The lowest BCUT2D eigenvalue weighted by atomic mass is 10.1. The lowest BCUT2D eigenvalue weighted by molar-refractivity contribution is 0.231. The summed E-state index contributed by atoms with van der Waals surface area (Å²) in [5.41, 5.74) is 2.26. The van der Waals surface area contributed by atoms with Crippen molar-refractivity contribution in [2.45, 2.75) is 25.8 Å². The van der Waals surface area contributed by atoms with Gasteiger partial charge < -0.3 is 20.5 Å². The van der Waals surface area contributed by atoms with E-state index in [-0.39, 0.29) is 24.6 Å². The molecule has 0 aromatic heterocycles. The fourth-order valence-corrected chi connectivity index (χ4v) is 2.65. The summed E-state index contributed by atoms with van der Waals surface area (Å²) in [7, 11) is 1.65. The van der Waals surface area contributed by atoms with Gasteiger partial charge in [-0.3, -0.25) is 0 Å². The monoisotopic (exact) mass is 304 g/mol. The van der Waals surface area contributed by atoms with Crippen LogP contribution in [0.3, 0.4) is 0 Å². The Bertz CT molecular complexity index is 543. The van der Waals surface area contributed by atoms with E-state index in [9.17, 15) is 4.79 Å². The minimum absolute atomic E-state index is 0.00524. The Balaban J connectivity index is 1.76. The predicted molar refractivity (Wildman–Crippen MR) is 86.1 cm³/mol. The molecule has 0 spiro atoms. The van der Waals surface area contributed by atoms with E-state index in [1.54, 1.807) is 7.11 Å². The first-order chi connectivity index (χ1) is 10.6. The molecule has 3 N–H and O–H groups in total. The minimum Gasteiger partial charge on any atom is -0.496 e. The van der Waals surface area contributed by atoms with Gasteiger partial charge in [-0.2, -0.15) is 0 Å². The summed E-state index contributed by atoms with van der Waals surface area (Å²) in [4.78, 5) is 11.9. The summed E-state index contributed by atoms with van der Waals surface area (Å²) in [6.45, 7) is 2.71. The maximum Gasteiger partial charge on any atom is 0.315 e. The normalized spacial score (nSPS) is 20.0. The molecule has 0 fully saturated rings. The first-order valence-corrected chi connectivity index (χ1v) is 7.59. The highest BCUT2D eigenvalue weighted by Crippen LogP contribution is 2.20. The van der Waals surface area contributed by atoms with Crippen molar-refractivity contribution in [1.82, 2.24) is 10.6 Å². The maximum atomic E-state index is 11.9. The van der Waals surface area contributed by atoms with E-state index in [1.807, 2.05) is 31.2 Å². The van der Waals surface area contributed by atoms with E-state index in [1.165, 1.54) is 5.56 Å². The van der Waals surface area contributed by atoms with Crippen molar-refractivity contribution >= 4 is 6.03 Å². The average Bonchev–Trinajstić information content (AvgIpc) is 2.95. The number of rotatable bonds is 6. The zero-order valence-corrected chi connectivity index (χ0v) is 13.1. The van der Waals surface area contributed by atoms with Crippen LogP contribution < -0.4 is 15.4 Å². The topological polar surface area (TPSA) is 70.6 Å². The van der Waals surface area contributed by atoms with Crippen LogP contribution in [0.25, 0.3) is 0 Å². The predicted octanol–water partition coefficient (Wildman–Crippen LogP) is 1.78. The first-order valence-electron chi connectivity index (χ1n) is 7.59. The fraction of sp³-hybridized carbons (Fsp3) is 0.471. The summed E-state index contributed by atoms with van der Waals surface area (Å²) in [5.74, 6) is 0.999. The van der Waals surface area contributed by atoms with E-state index < -0.39 is 0 Å². The molecular formula is C17H24N2O3. The number of aryl methyl sites for hydroxylation is 1. The van der Waals surface area contributed by atoms with E-state index in [0.717, 1.165) is 24.2 Å². The number of nitrogens with one attached hydrogen (secondary N) is 2. The zero-order valence-electron chi connectivity index (χ0n) is 13.1. The van der Waals surface area contributed by atoms with Crippen LogP contribution in [0.4, 0.5) is 4.79 Å². The van der Waals surface area contributed by atoms with Crippen molar-refractivity contribution in [2.75, 3.05) is 20.3 Å². The molecule has 1 aromatic carbocycles. The quantitative estimate of drug-likeness (QED) is 0.702. The van der Waals surface area contributed by atoms with Gasteiger partial charge >= 0.3 is 6.03 Å². The van der Waals surface area contributed by atoms with Gasteiger partial charge in [-0.05, 0) is 31.4 Å². The van der Waals surface area contributed by atoms with Crippen LogP contribution in [0.15, 0.2) is 30.4 Å². The third kappa shape index (κ3) is 4.49. The average molecular weight is 304 g/mol. The third-order valence-electron chi connectivity index (χ3n) is 3.84. The van der Waals surface area contributed by atoms with Crippen LogP contribution in [-0.4, -0.2) is 37.4 Å². The maximum absolute atomic E-state index is 11.9. The van der Waals surface area contributed by atoms with Gasteiger partial charge in [0.1, 0.15) is 5.75 Å². The minimum atomic E-state index is -0.181. The van der Waals surface area contributed by atoms with E-state index in [0.29, 0.717) is 6.54 Å². The summed E-state index contributed by atoms with van der Waals surface area (Å²) in [6, 6.07) is 5.85. The summed E-state index contributed by atoms with van der Waals surface area (Å²) < 4.78 is 5.33. The number of carbonyl (C=O) groups excluding carboxylic acids is 1. The van der Waals surface area contributed by atoms with Gasteiger partial charge in [0.15, 0.2) is 0 Å². The molecule has 0 radical (unpaired) electrons. The van der Waals surface area contributed by atoms with E-state index >= 15 is 0 Å². The Morgan fingerprint density at radius 2 is 2.23 bits per heavy atom. The van der Waals surface area contributed by atoms with Gasteiger partial charge in [0.05, 0.1) is 7.11 Å². The highest BCUT2D eigenvalue weighted by atomic mass is 16.5. The molecule has 0 heterocycles. The number of methoxy groups -OCH3 is 1. The second-order valence-electron chi connectivity index (χ2n) is 5.64. The molecule has 2 amide bonds. The summed E-state index contributed by atoms with van der Waals surface area (Å²) in [6.07, 6.45) is 5.36. The van der Waals surface area contributed by atoms with Crippen molar-refractivity contribution in [2.24, 2.45) is 5.92 Å². The molecule has 0 bridgehead atoms. The number of hydrogen-bond acceptors (Lipinski definition) is 3. The second kappa shape index (κ2) is 7.84. The van der Waals surface area contributed by atoms with Crippen LogP contribution in [0.1, 0.15) is 17.5 Å². The molecule has 1 aliphatic carbocycles. The highest BCUT2D eigenvalue weighted by molar-refractivity contribution is 5.74. The standard InChI is InChI=1S/C17H24N2O3/c1-12-3-6-16(22-2)14(9-12)7-8-18-17(21)19-15-5-4-13(10-15)11-20/h3-6,9,13,15,20H,7-8,10-11H2,1-2H3,(H2,18,19,21)/t13-,15+/m0/s1. The van der Waals surface area contributed by atoms with E-state index in [4.69, 9.17) is 9.84 Å². The third-order valence-corrected chi connectivity index (χ3v) is 3.84. The molecule has 0 saturated heterocycles. The number of hydrogen-bond donors (Lipinski definition) is 3. The number of urea groups is 1. The molecule has 2 atom stereocenters. The van der Waals surface area contributed by atoms with Gasteiger partial charge in [-0.1, -0.05) is 29.8 Å². The Morgan fingerprint density at radius 3 is 2.91 bits per heavy atom. The number of aliphatic hydroxyl groups excluding tert-OH is 1. The fourth-order valence-electron chi connectivity index (χ4n) is 2.65. The molecule has 0 aliphatic heterocycles. The zero-order chi connectivity index (χ0) is 15.9. The van der Waals surface area contributed by atoms with Crippen LogP contribution in [0.5, 0.6) is 5.75 Å². The molecule has 22 heavy (non-hydrogen) atoms. The van der Waals surface area contributed by atoms with Crippen LogP contribution in [0, 0.1) is 12.8 Å². The van der Waals surface area contributed by atoms with Gasteiger partial charge in [0.2, 0.25) is 0 Å². The van der Waals surface area contributed by atoms with Crippen molar-refractivity contribution < 1.29 is 14.6 Å². The van der Waals surface area contributed by atoms with Crippen molar-refractivity contribution in [3.63, 3.8) is 0 Å². The van der Waals surface area contributed by atoms with Crippen molar-refractivity contribution in [3.8, 4) is 5.75 Å². The second-order valence-corrected chi connectivity index (χ2v) is 5.64. The van der Waals surface area contributed by atoms with Gasteiger partial charge in [0.25, 0.3) is 0 Å². The molecule has 2 rings (SSSR count). The Morgan fingerprint density at radius 1 is 1.41 bits per heavy atom. The Kier molecular flexibility index (Phi) is 5.83. The lowest BCUT2D eigenvalue weighted by Crippen LogP contribution is -2.41. The SMILES string of the molecule is COc1ccc(C)cc1CCNC(=O)N[C@@H]1C=C[C@H](CO)C1. The number of aliphatic hydroxyl groups is 1. The molecule has 0 unspecified atom stereocenters. The van der Waals surface area contributed by atoms with Crippen LogP contribution in [0.2, 0.25) is 0 Å². The van der Waals surface area contributed by atoms with Gasteiger partial charge in [0, 0.05) is 25.1 Å². The van der Waals surface area contributed by atoms with E-state index in [2.05, 4.69) is 16.7 Å². The van der Waals surface area contributed by atoms with Gasteiger partial charge in [-0.15, -0.1) is 0 Å². The number of carbonyl (C=O) groups is 1. The largest absolute Gasteiger partial charge is 0.496 e. The molecular weight excluding hydrogens is 280 g/mol. The summed E-state index contributed by atoms with van der Waals surface area (Å²) >= 11 is 0. The summed E-state index contributed by atoms with van der Waals surface area (Å²) in [5, 5.41) is 14.8. The van der Waals surface area contributed by atoms with Crippen molar-refractivity contribution in [3.05, 3.63) is 41.5 Å². The molecule has 0 saturated carbocycles. The Hall–Kier alpha value is -2.01. The van der Waals surface area contributed by atoms with Gasteiger partial charge in [-0.25, -0.2) is 4.79 Å². The molecule has 5 nitrogen and oxygen atoms in total. The molecule has 120 valence electrons. The number of benzene rings is 1. The van der Waals surface area contributed by atoms with Crippen LogP contribution >= 0.6 is 0 Å². The lowest BCUT2D eigenvalue weighted by Gasteiger charge is -2.14. The Labute approximate surface area is 131 Å². The molecule has 1 aromatic rings. The number of ether oxygens (including phenoxy) is 1. The number of amides is 2.